The van der Waals surface area contributed by atoms with E-state index in [0.29, 0.717) is 11.9 Å². The fourth-order valence-corrected chi connectivity index (χ4v) is 3.76. The van der Waals surface area contributed by atoms with Gasteiger partial charge in [0.2, 0.25) is 5.91 Å². The fraction of sp³-hybridized carbons (Fsp3) is 0.824. The highest BCUT2D eigenvalue weighted by molar-refractivity contribution is 5.80. The van der Waals surface area contributed by atoms with Crippen molar-refractivity contribution in [3.05, 3.63) is 12.2 Å². The van der Waals surface area contributed by atoms with Crippen LogP contribution in [0.25, 0.3) is 0 Å². The van der Waals surface area contributed by atoms with Crippen LogP contribution in [0.5, 0.6) is 0 Å². The Hall–Kier alpha value is -0.790. The molecule has 1 amide bonds. The quantitative estimate of drug-likeness (QED) is 0.751. The van der Waals surface area contributed by atoms with Crippen LogP contribution in [0.4, 0.5) is 0 Å². The van der Waals surface area contributed by atoms with E-state index in [1.165, 1.54) is 38.5 Å². The van der Waals surface area contributed by atoms with Crippen LogP contribution in [0.3, 0.4) is 0 Å². The predicted molar refractivity (Wildman–Crippen MR) is 78.6 cm³/mol. The van der Waals surface area contributed by atoms with E-state index in [-0.39, 0.29) is 5.92 Å². The van der Waals surface area contributed by atoms with E-state index in [9.17, 15) is 4.79 Å². The molecule has 0 heterocycles. The molecule has 19 heavy (non-hydrogen) atoms. The Morgan fingerprint density at radius 1 is 1.26 bits per heavy atom. The number of nitrogens with zero attached hydrogens (tertiary/aromatic N) is 1. The molecule has 2 aliphatic rings. The summed E-state index contributed by atoms with van der Waals surface area (Å²) < 4.78 is 0. The molecule has 0 spiro atoms. The number of hydrogen-bond acceptors (Lipinski definition) is 1. The van der Waals surface area contributed by atoms with Gasteiger partial charge in [0.25, 0.3) is 0 Å². The van der Waals surface area contributed by atoms with E-state index in [1.54, 1.807) is 0 Å². The number of amides is 1. The zero-order chi connectivity index (χ0) is 13.7. The van der Waals surface area contributed by atoms with Gasteiger partial charge in [-0.2, -0.15) is 0 Å². The Morgan fingerprint density at radius 3 is 2.74 bits per heavy atom. The molecule has 0 saturated heterocycles. The van der Waals surface area contributed by atoms with Gasteiger partial charge in [-0.1, -0.05) is 32.3 Å². The predicted octanol–water partition coefficient (Wildman–Crippen LogP) is 3.96. The largest absolute Gasteiger partial charge is 0.342 e. The first-order valence-electron chi connectivity index (χ1n) is 8.07. The minimum absolute atomic E-state index is 0.1000. The first-order chi connectivity index (χ1) is 9.24. The zero-order valence-corrected chi connectivity index (χ0v) is 12.5. The Kier molecular flexibility index (Phi) is 5.47. The van der Waals surface area contributed by atoms with Crippen molar-refractivity contribution in [3.8, 4) is 0 Å². The molecule has 2 rings (SSSR count). The van der Waals surface area contributed by atoms with Gasteiger partial charge >= 0.3 is 0 Å². The summed E-state index contributed by atoms with van der Waals surface area (Å²) in [6.07, 6.45) is 16.1. The van der Waals surface area contributed by atoms with Crippen molar-refractivity contribution < 1.29 is 4.79 Å². The van der Waals surface area contributed by atoms with Gasteiger partial charge in [-0.3, -0.25) is 4.79 Å². The third-order valence-corrected chi connectivity index (χ3v) is 4.85. The highest BCUT2D eigenvalue weighted by Crippen LogP contribution is 2.32. The SMILES string of the molecule is CCCC1CCCCC1N(C)C(=O)C1C=[C]CCC1. The average Bonchev–Trinajstić information content (AvgIpc) is 2.47. The highest BCUT2D eigenvalue weighted by atomic mass is 16.2. The molecule has 0 aromatic heterocycles. The summed E-state index contributed by atoms with van der Waals surface area (Å²) in [7, 11) is 2.03. The van der Waals surface area contributed by atoms with Gasteiger partial charge < -0.3 is 4.90 Å². The molecule has 0 aromatic carbocycles. The van der Waals surface area contributed by atoms with Crippen LogP contribution < -0.4 is 0 Å². The fourth-order valence-electron chi connectivity index (χ4n) is 3.76. The van der Waals surface area contributed by atoms with Gasteiger partial charge in [-0.15, -0.1) is 0 Å². The number of rotatable bonds is 4. The van der Waals surface area contributed by atoms with Gasteiger partial charge in [-0.05, 0) is 50.5 Å². The summed E-state index contributed by atoms with van der Waals surface area (Å²) in [6.45, 7) is 2.26. The van der Waals surface area contributed by atoms with E-state index < -0.39 is 0 Å². The molecule has 1 radical (unpaired) electrons. The van der Waals surface area contributed by atoms with Crippen molar-refractivity contribution in [2.45, 2.75) is 70.8 Å². The standard InChI is InChI=1S/C17H28NO/c1-3-9-14-10-7-8-13-16(14)18(2)17(19)15-11-5-4-6-12-15/h12,14-16H,3-5,7-11,13H2,1-2H3. The highest BCUT2D eigenvalue weighted by Gasteiger charge is 2.32. The molecule has 107 valence electrons. The maximum Gasteiger partial charge on any atom is 0.229 e. The summed E-state index contributed by atoms with van der Waals surface area (Å²) in [6, 6.07) is 0.483. The molecule has 1 saturated carbocycles. The van der Waals surface area contributed by atoms with Gasteiger partial charge in [0.15, 0.2) is 0 Å². The Morgan fingerprint density at radius 2 is 2.05 bits per heavy atom. The second kappa shape index (κ2) is 7.12. The van der Waals surface area contributed by atoms with E-state index in [4.69, 9.17) is 0 Å². The lowest BCUT2D eigenvalue weighted by molar-refractivity contribution is -0.137. The van der Waals surface area contributed by atoms with Crippen molar-refractivity contribution >= 4 is 5.91 Å². The molecular weight excluding hydrogens is 234 g/mol. The summed E-state index contributed by atoms with van der Waals surface area (Å²) >= 11 is 0. The van der Waals surface area contributed by atoms with Gasteiger partial charge in [0, 0.05) is 13.1 Å². The maximum absolute atomic E-state index is 12.6. The second-order valence-electron chi connectivity index (χ2n) is 6.22. The van der Waals surface area contributed by atoms with E-state index in [2.05, 4.69) is 17.9 Å². The van der Waals surface area contributed by atoms with Crippen molar-refractivity contribution in [2.24, 2.45) is 11.8 Å². The molecule has 2 nitrogen and oxygen atoms in total. The lowest BCUT2D eigenvalue weighted by Gasteiger charge is -2.39. The second-order valence-corrected chi connectivity index (χ2v) is 6.22. The Bertz CT molecular complexity index is 321. The topological polar surface area (TPSA) is 20.3 Å². The first-order valence-corrected chi connectivity index (χ1v) is 8.07. The van der Waals surface area contributed by atoms with E-state index >= 15 is 0 Å². The third-order valence-electron chi connectivity index (χ3n) is 4.85. The molecule has 0 N–H and O–H groups in total. The Balaban J connectivity index is 1.99. The van der Waals surface area contributed by atoms with Crippen LogP contribution in [0, 0.1) is 17.9 Å². The van der Waals surface area contributed by atoms with Crippen LogP contribution in [0.1, 0.15) is 64.7 Å². The molecule has 0 aliphatic heterocycles. The maximum atomic E-state index is 12.6. The molecule has 2 aliphatic carbocycles. The van der Waals surface area contributed by atoms with E-state index in [1.807, 2.05) is 13.1 Å². The molecule has 3 atom stereocenters. The third kappa shape index (κ3) is 3.61. The molecular formula is C17H28NO. The first kappa shape index (κ1) is 14.6. The van der Waals surface area contributed by atoms with Crippen molar-refractivity contribution in [3.63, 3.8) is 0 Å². The van der Waals surface area contributed by atoms with Crippen LogP contribution in [0.2, 0.25) is 0 Å². The van der Waals surface area contributed by atoms with Crippen LogP contribution >= 0.6 is 0 Å². The lowest BCUT2D eigenvalue weighted by Crippen LogP contribution is -2.45. The van der Waals surface area contributed by atoms with Crippen LogP contribution in [-0.4, -0.2) is 23.9 Å². The lowest BCUT2D eigenvalue weighted by atomic mass is 9.80. The number of carbonyl (C=O) groups is 1. The van der Waals surface area contributed by atoms with E-state index in [0.717, 1.165) is 25.2 Å². The summed E-state index contributed by atoms with van der Waals surface area (Å²) in [5, 5.41) is 0. The minimum Gasteiger partial charge on any atom is -0.342 e. The smallest absolute Gasteiger partial charge is 0.229 e. The summed E-state index contributed by atoms with van der Waals surface area (Å²) in [4.78, 5) is 14.7. The van der Waals surface area contributed by atoms with Crippen molar-refractivity contribution in [1.82, 2.24) is 4.90 Å². The monoisotopic (exact) mass is 262 g/mol. The molecule has 1 fully saturated rings. The van der Waals surface area contributed by atoms with Gasteiger partial charge in [0.1, 0.15) is 0 Å². The molecule has 0 bridgehead atoms. The minimum atomic E-state index is 0.1000. The summed E-state index contributed by atoms with van der Waals surface area (Å²) in [5.74, 6) is 1.16. The van der Waals surface area contributed by atoms with Gasteiger partial charge in [0.05, 0.1) is 5.92 Å². The molecule has 3 unspecified atom stereocenters. The molecule has 0 aromatic rings. The molecule has 2 heteroatoms. The number of carbonyl (C=O) groups excluding carboxylic acids is 1. The number of allylic oxidation sites excluding steroid dienone is 1. The number of hydrogen-bond donors (Lipinski definition) is 0. The zero-order valence-electron chi connectivity index (χ0n) is 12.5. The summed E-state index contributed by atoms with van der Waals surface area (Å²) in [5.41, 5.74) is 0. The Labute approximate surface area is 118 Å². The van der Waals surface area contributed by atoms with Crippen molar-refractivity contribution in [2.75, 3.05) is 7.05 Å². The average molecular weight is 262 g/mol. The normalized spacial score (nSPS) is 31.2. The van der Waals surface area contributed by atoms with Crippen LogP contribution in [-0.2, 0) is 4.79 Å². The van der Waals surface area contributed by atoms with Gasteiger partial charge in [-0.25, -0.2) is 0 Å². The van der Waals surface area contributed by atoms with Crippen molar-refractivity contribution in [1.29, 1.82) is 0 Å². The van der Waals surface area contributed by atoms with Crippen LogP contribution in [0.15, 0.2) is 6.08 Å².